The maximum absolute atomic E-state index is 14.0. The molecule has 1 aromatic heterocycles. The van der Waals surface area contributed by atoms with Crippen LogP contribution in [0.5, 0.6) is 0 Å². The third-order valence-corrected chi connectivity index (χ3v) is 9.53. The van der Waals surface area contributed by atoms with E-state index in [4.69, 9.17) is 5.10 Å². The molecule has 1 atom stereocenters. The highest BCUT2D eigenvalue weighted by molar-refractivity contribution is 8.28. The third-order valence-electron chi connectivity index (χ3n) is 5.78. The predicted octanol–water partition coefficient (Wildman–Crippen LogP) is 7.00. The van der Waals surface area contributed by atoms with Gasteiger partial charge < -0.3 is 0 Å². The minimum Gasteiger partial charge on any atom is -0.268 e. The van der Waals surface area contributed by atoms with Crippen LogP contribution in [0, 0.1) is 10.1 Å². The summed E-state index contributed by atoms with van der Waals surface area (Å²) in [7, 11) is 0. The zero-order chi connectivity index (χ0) is 25.4. The maximum atomic E-state index is 14.0. The molecule has 1 amide bonds. The summed E-state index contributed by atoms with van der Waals surface area (Å²) in [6, 6.07) is 29.5. The number of hydrazone groups is 1. The van der Waals surface area contributed by atoms with Gasteiger partial charge in [0.05, 0.1) is 20.4 Å². The SMILES string of the molecule is O=C1/C(=C\c2ccccc2)S[C@@]2(SC(c3cccs3)=NN2c2ccc([N+](=O)[O-])cc2)N1c1ccccc1. The van der Waals surface area contributed by atoms with Crippen LogP contribution in [-0.2, 0) is 4.79 Å². The topological polar surface area (TPSA) is 79.0 Å². The number of nitrogens with zero attached hydrogens (tertiary/aromatic N) is 4. The number of para-hydroxylation sites is 1. The van der Waals surface area contributed by atoms with E-state index in [1.807, 2.05) is 84.3 Å². The second-order valence-corrected chi connectivity index (χ2v) is 11.7. The zero-order valence-electron chi connectivity index (χ0n) is 19.1. The van der Waals surface area contributed by atoms with Gasteiger partial charge in [0, 0.05) is 17.8 Å². The van der Waals surface area contributed by atoms with Crippen molar-refractivity contribution in [3.63, 3.8) is 0 Å². The zero-order valence-corrected chi connectivity index (χ0v) is 21.6. The molecule has 2 aliphatic heterocycles. The number of anilines is 2. The van der Waals surface area contributed by atoms with E-state index in [0.717, 1.165) is 21.2 Å². The van der Waals surface area contributed by atoms with Crippen LogP contribution in [0.25, 0.3) is 6.08 Å². The van der Waals surface area contributed by atoms with E-state index < -0.39 is 9.25 Å². The molecule has 10 heteroatoms. The van der Waals surface area contributed by atoms with Crippen molar-refractivity contribution in [1.29, 1.82) is 0 Å². The highest BCUT2D eigenvalue weighted by atomic mass is 32.2. The van der Waals surface area contributed by atoms with Crippen LogP contribution in [-0.4, -0.2) is 20.2 Å². The molecule has 3 aromatic carbocycles. The van der Waals surface area contributed by atoms with Gasteiger partial charge in [0.2, 0.25) is 4.33 Å². The Kier molecular flexibility index (Phi) is 6.07. The van der Waals surface area contributed by atoms with E-state index in [1.54, 1.807) is 33.4 Å². The molecule has 0 aliphatic carbocycles. The number of thioether (sulfide) groups is 2. The third kappa shape index (κ3) is 4.22. The first-order valence-corrected chi connectivity index (χ1v) is 13.8. The smallest absolute Gasteiger partial charge is 0.268 e. The van der Waals surface area contributed by atoms with Gasteiger partial charge in [0.1, 0.15) is 5.04 Å². The van der Waals surface area contributed by atoms with E-state index in [1.165, 1.54) is 35.7 Å². The normalized spacial score (nSPS) is 20.2. The van der Waals surface area contributed by atoms with Gasteiger partial charge in [-0.15, -0.1) is 11.3 Å². The molecule has 2 aliphatic rings. The second-order valence-electron chi connectivity index (χ2n) is 8.12. The Morgan fingerprint density at radius 1 is 0.838 bits per heavy atom. The van der Waals surface area contributed by atoms with Crippen LogP contribution in [0.2, 0.25) is 0 Å². The van der Waals surface area contributed by atoms with Gasteiger partial charge in [-0.3, -0.25) is 19.8 Å². The predicted molar refractivity (Wildman–Crippen MR) is 153 cm³/mol. The van der Waals surface area contributed by atoms with Crippen molar-refractivity contribution < 1.29 is 9.72 Å². The summed E-state index contributed by atoms with van der Waals surface area (Å²) >= 11 is 4.49. The summed E-state index contributed by atoms with van der Waals surface area (Å²) in [6.07, 6.45) is 1.90. The Morgan fingerprint density at radius 3 is 2.19 bits per heavy atom. The van der Waals surface area contributed by atoms with Crippen molar-refractivity contribution in [3.05, 3.63) is 128 Å². The summed E-state index contributed by atoms with van der Waals surface area (Å²) in [5.41, 5.74) is 2.30. The number of non-ortho nitro benzene ring substituents is 1. The molecule has 0 bridgehead atoms. The van der Waals surface area contributed by atoms with Gasteiger partial charge in [-0.25, -0.2) is 5.01 Å². The van der Waals surface area contributed by atoms with Crippen molar-refractivity contribution in [2.24, 2.45) is 5.10 Å². The second kappa shape index (κ2) is 9.55. The number of hydrogen-bond donors (Lipinski definition) is 0. The molecule has 6 rings (SSSR count). The lowest BCUT2D eigenvalue weighted by Crippen LogP contribution is -2.51. The lowest BCUT2D eigenvalue weighted by atomic mass is 10.2. The highest BCUT2D eigenvalue weighted by Gasteiger charge is 2.59. The van der Waals surface area contributed by atoms with Crippen molar-refractivity contribution >= 4 is 68.9 Å². The molecular formula is C27H18N4O3S3. The molecule has 0 N–H and O–H groups in total. The fourth-order valence-electron chi connectivity index (χ4n) is 4.10. The molecule has 1 spiro atoms. The van der Waals surface area contributed by atoms with Crippen LogP contribution < -0.4 is 9.91 Å². The number of benzene rings is 3. The van der Waals surface area contributed by atoms with Gasteiger partial charge in [-0.2, -0.15) is 5.10 Å². The van der Waals surface area contributed by atoms with E-state index in [-0.39, 0.29) is 11.6 Å². The van der Waals surface area contributed by atoms with Crippen LogP contribution >= 0.6 is 34.9 Å². The van der Waals surface area contributed by atoms with Crippen molar-refractivity contribution in [2.45, 2.75) is 4.33 Å². The first kappa shape index (κ1) is 23.5. The number of carbonyl (C=O) groups is 1. The van der Waals surface area contributed by atoms with Crippen molar-refractivity contribution in [1.82, 2.24) is 0 Å². The average molecular weight is 543 g/mol. The molecule has 0 radical (unpaired) electrons. The maximum Gasteiger partial charge on any atom is 0.269 e. The lowest BCUT2D eigenvalue weighted by molar-refractivity contribution is -0.384. The van der Waals surface area contributed by atoms with Gasteiger partial charge in [-0.1, -0.05) is 66.4 Å². The molecule has 7 nitrogen and oxygen atoms in total. The number of thiophene rings is 1. The minimum absolute atomic E-state index is 0.00756. The quantitative estimate of drug-likeness (QED) is 0.153. The Bertz CT molecular complexity index is 1520. The molecule has 4 aromatic rings. The van der Waals surface area contributed by atoms with E-state index >= 15 is 0 Å². The molecule has 182 valence electrons. The van der Waals surface area contributed by atoms with Gasteiger partial charge in [0.15, 0.2) is 0 Å². The summed E-state index contributed by atoms with van der Waals surface area (Å²) in [5.74, 6) is -0.137. The van der Waals surface area contributed by atoms with Crippen molar-refractivity contribution in [3.8, 4) is 0 Å². The first-order valence-electron chi connectivity index (χ1n) is 11.3. The van der Waals surface area contributed by atoms with Crippen LogP contribution in [0.4, 0.5) is 17.1 Å². The van der Waals surface area contributed by atoms with Gasteiger partial charge in [0.25, 0.3) is 11.6 Å². The van der Waals surface area contributed by atoms with Crippen molar-refractivity contribution in [2.75, 3.05) is 9.91 Å². The summed E-state index contributed by atoms with van der Waals surface area (Å²) in [4.78, 5) is 28.2. The lowest BCUT2D eigenvalue weighted by Gasteiger charge is -2.38. The number of hydrogen-bond acceptors (Lipinski definition) is 8. The monoisotopic (exact) mass is 542 g/mol. The Hall–Kier alpha value is -3.86. The number of nitro groups is 1. The first-order chi connectivity index (χ1) is 18.0. The molecule has 0 unspecified atom stereocenters. The molecule has 3 heterocycles. The number of nitro benzene ring substituents is 1. The summed E-state index contributed by atoms with van der Waals surface area (Å²) in [6.45, 7) is 0. The molecular weight excluding hydrogens is 525 g/mol. The molecule has 1 fully saturated rings. The van der Waals surface area contributed by atoms with Crippen LogP contribution in [0.3, 0.4) is 0 Å². The van der Waals surface area contributed by atoms with Crippen LogP contribution in [0.1, 0.15) is 10.4 Å². The summed E-state index contributed by atoms with van der Waals surface area (Å²) < 4.78 is -1.01. The van der Waals surface area contributed by atoms with E-state index in [9.17, 15) is 14.9 Å². The van der Waals surface area contributed by atoms with Gasteiger partial charge in [-0.05, 0) is 59.1 Å². The Morgan fingerprint density at radius 2 is 1.54 bits per heavy atom. The molecule has 1 saturated heterocycles. The number of rotatable bonds is 5. The van der Waals surface area contributed by atoms with Crippen LogP contribution in [0.15, 0.2) is 112 Å². The fourth-order valence-corrected chi connectivity index (χ4v) is 7.88. The Labute approximate surface area is 225 Å². The van der Waals surface area contributed by atoms with E-state index in [2.05, 4.69) is 0 Å². The van der Waals surface area contributed by atoms with Gasteiger partial charge >= 0.3 is 0 Å². The fraction of sp³-hybridized carbons (Fsp3) is 0.0370. The Balaban J connectivity index is 1.52. The largest absolute Gasteiger partial charge is 0.269 e. The highest BCUT2D eigenvalue weighted by Crippen LogP contribution is 2.60. The molecule has 37 heavy (non-hydrogen) atoms. The average Bonchev–Trinajstić information content (AvgIpc) is 3.64. The molecule has 0 saturated carbocycles. The summed E-state index contributed by atoms with van der Waals surface area (Å²) in [5, 5.41) is 20.8. The number of amides is 1. The minimum atomic E-state index is -1.01. The number of carbonyl (C=O) groups excluding carboxylic acids is 1. The standard InChI is InChI=1S/C27H18N4O3S3/c32-26-24(18-19-8-3-1-4-9-19)36-27(29(26)20-10-5-2-6-11-20)30(21-13-15-22(16-14-21)31(33)34)28-25(37-27)23-12-7-17-35-23/h1-18H/b24-18+/t27-/m1/s1. The van der Waals surface area contributed by atoms with E-state index in [0.29, 0.717) is 10.6 Å².